The fourth-order valence-corrected chi connectivity index (χ4v) is 4.07. The number of nitrogens with zero attached hydrogens (tertiary/aromatic N) is 2. The number of aliphatic imine (C=N–C) groups is 1. The van der Waals surface area contributed by atoms with E-state index < -0.39 is 0 Å². The Kier molecular flexibility index (Phi) is 15.6. The van der Waals surface area contributed by atoms with Gasteiger partial charge in [-0.1, -0.05) is 88.6 Å². The Bertz CT molecular complexity index is 1280. The number of nitrogens with two attached hydrogens (primary N) is 2. The molecule has 1 aromatic heterocycles. The highest BCUT2D eigenvalue weighted by Crippen LogP contribution is 2.14. The van der Waals surface area contributed by atoms with Gasteiger partial charge in [0.1, 0.15) is 11.7 Å². The lowest BCUT2D eigenvalue weighted by Crippen LogP contribution is -2.28. The Labute approximate surface area is 244 Å². The van der Waals surface area contributed by atoms with Gasteiger partial charge in [0, 0.05) is 35.0 Å². The van der Waals surface area contributed by atoms with E-state index in [0.29, 0.717) is 17.7 Å². The van der Waals surface area contributed by atoms with Crippen LogP contribution in [-0.2, 0) is 13.0 Å². The number of para-hydroxylation sites is 1. The van der Waals surface area contributed by atoms with E-state index in [2.05, 4.69) is 58.8 Å². The molecule has 7 nitrogen and oxygen atoms in total. The minimum absolute atomic E-state index is 0.0626. The van der Waals surface area contributed by atoms with Crippen molar-refractivity contribution >= 4 is 22.6 Å². The maximum absolute atomic E-state index is 13.5. The largest absolute Gasteiger partial charge is 0.384 e. The molecule has 7 N–H and O–H groups in total. The average molecular weight is 560 g/mol. The number of hydrogen-bond acceptors (Lipinski definition) is 5. The number of benzene rings is 2. The maximum Gasteiger partial charge on any atom is 0.151 e. The van der Waals surface area contributed by atoms with Crippen LogP contribution >= 0.6 is 0 Å². The number of aryl methyl sites for hydroxylation is 1. The highest BCUT2D eigenvalue weighted by Gasteiger charge is 2.09. The first-order valence-corrected chi connectivity index (χ1v) is 14.4. The van der Waals surface area contributed by atoms with Crippen LogP contribution in [-0.4, -0.2) is 23.2 Å². The van der Waals surface area contributed by atoms with E-state index >= 15 is 0 Å². The molecule has 1 heterocycles. The molecule has 0 spiro atoms. The van der Waals surface area contributed by atoms with Crippen LogP contribution in [0.4, 0.5) is 4.39 Å². The summed E-state index contributed by atoms with van der Waals surface area (Å²) in [6.45, 7) is 8.54. The first-order valence-electron chi connectivity index (χ1n) is 14.4. The van der Waals surface area contributed by atoms with Gasteiger partial charge in [-0.15, -0.1) is 0 Å². The number of fused-ring (bicyclic) bond motifs is 1. The van der Waals surface area contributed by atoms with Gasteiger partial charge in [0.05, 0.1) is 5.52 Å². The number of pyridine rings is 1. The van der Waals surface area contributed by atoms with Gasteiger partial charge >= 0.3 is 0 Å². The number of hydrogen-bond donors (Lipinski definition) is 5. The minimum Gasteiger partial charge on any atom is -0.384 e. The summed E-state index contributed by atoms with van der Waals surface area (Å²) in [7, 11) is 0. The topological polar surface area (TPSA) is 125 Å². The highest BCUT2D eigenvalue weighted by atomic mass is 19.1. The predicted molar refractivity (Wildman–Crippen MR) is 171 cm³/mol. The summed E-state index contributed by atoms with van der Waals surface area (Å²) >= 11 is 0. The molecule has 0 saturated carbocycles. The fraction of sp³-hybridized carbons (Fsp3) is 0.364. The smallest absolute Gasteiger partial charge is 0.151 e. The van der Waals surface area contributed by atoms with E-state index in [0.717, 1.165) is 18.5 Å². The molecule has 0 fully saturated rings. The second-order valence-corrected chi connectivity index (χ2v) is 10.1. The van der Waals surface area contributed by atoms with E-state index in [4.69, 9.17) is 21.9 Å². The van der Waals surface area contributed by atoms with Crippen LogP contribution in [0.5, 0.6) is 0 Å². The summed E-state index contributed by atoms with van der Waals surface area (Å²) in [5, 5.41) is 9.16. The molecule has 220 valence electrons. The lowest BCUT2D eigenvalue weighted by molar-refractivity contribution is 0.566. The maximum atomic E-state index is 13.5. The van der Waals surface area contributed by atoms with E-state index in [-0.39, 0.29) is 23.4 Å². The molecule has 0 aliphatic rings. The van der Waals surface area contributed by atoms with Crippen LogP contribution < -0.4 is 22.3 Å². The van der Waals surface area contributed by atoms with Gasteiger partial charge in [-0.05, 0) is 56.0 Å². The molecular formula is C33H46FN7. The van der Waals surface area contributed by atoms with Crippen LogP contribution in [0.15, 0.2) is 90.1 Å². The molecule has 41 heavy (non-hydrogen) atoms. The lowest BCUT2D eigenvalue weighted by Gasteiger charge is -2.12. The molecule has 0 atom stereocenters. The first-order chi connectivity index (χ1) is 19.8. The van der Waals surface area contributed by atoms with Crippen molar-refractivity contribution in [3.05, 3.63) is 102 Å². The van der Waals surface area contributed by atoms with Gasteiger partial charge in [-0.3, -0.25) is 10.4 Å². The van der Waals surface area contributed by atoms with Crippen molar-refractivity contribution in [3.8, 4) is 0 Å². The van der Waals surface area contributed by atoms with E-state index in [1.165, 1.54) is 61.7 Å². The molecule has 0 radical (unpaired) electrons. The summed E-state index contributed by atoms with van der Waals surface area (Å²) in [4.78, 5) is 8.64. The van der Waals surface area contributed by atoms with Gasteiger partial charge in [0.25, 0.3) is 0 Å². The third-order valence-electron chi connectivity index (χ3n) is 6.46. The van der Waals surface area contributed by atoms with Crippen molar-refractivity contribution in [2.24, 2.45) is 22.4 Å². The number of amidine groups is 2. The third-order valence-corrected chi connectivity index (χ3v) is 6.46. The quantitative estimate of drug-likeness (QED) is 0.0624. The molecule has 3 rings (SSSR count). The van der Waals surface area contributed by atoms with Crippen molar-refractivity contribution in [1.29, 1.82) is 5.41 Å². The van der Waals surface area contributed by atoms with Gasteiger partial charge in [0.15, 0.2) is 5.84 Å². The average Bonchev–Trinajstić information content (AvgIpc) is 2.97. The zero-order valence-corrected chi connectivity index (χ0v) is 24.5. The summed E-state index contributed by atoms with van der Waals surface area (Å²) < 4.78 is 13.5. The number of nitrogens with one attached hydrogen (secondary N) is 3. The van der Waals surface area contributed by atoms with E-state index in [9.17, 15) is 4.39 Å². The van der Waals surface area contributed by atoms with E-state index in [1.807, 2.05) is 13.8 Å². The molecule has 3 aromatic rings. The molecule has 0 saturated heterocycles. The van der Waals surface area contributed by atoms with Gasteiger partial charge < -0.3 is 16.9 Å². The highest BCUT2D eigenvalue weighted by molar-refractivity contribution is 6.07. The second-order valence-electron chi connectivity index (χ2n) is 10.1. The third kappa shape index (κ3) is 12.9. The molecule has 8 heteroatoms. The first kappa shape index (κ1) is 33.3. The van der Waals surface area contributed by atoms with Gasteiger partial charge in [-0.25, -0.2) is 14.8 Å². The standard InChI is InChI=1S/C17H24N2.C16H22FN5/c18-14-8-4-2-1-3-5-10-16-13-12-15-9-6-7-11-17(15)19-16;1-4-15(18)22-16(19)13(11(2)3)10-21-20-9-12-7-5-6-8-14(12)17/h6-7,9,11-13H,1-5,8,10,14,18H2;4-8,10-11,20-21H,1,9H2,2-3H3,(H3,18,19,22)/b;13-10-. The van der Waals surface area contributed by atoms with Crippen LogP contribution in [0.1, 0.15) is 63.6 Å². The zero-order valence-electron chi connectivity index (χ0n) is 24.5. The number of hydrazine groups is 1. The van der Waals surface area contributed by atoms with Crippen LogP contribution in [0.2, 0.25) is 0 Å². The lowest BCUT2D eigenvalue weighted by atomic mass is 10.0. The molecule has 0 unspecified atom stereocenters. The van der Waals surface area contributed by atoms with Crippen molar-refractivity contribution in [2.45, 2.75) is 65.3 Å². The fourth-order valence-electron chi connectivity index (χ4n) is 4.07. The Morgan fingerprint density at radius 1 is 1.00 bits per heavy atom. The molecule has 2 aromatic carbocycles. The number of unbranched alkanes of at least 4 members (excludes halogenated alkanes) is 5. The van der Waals surface area contributed by atoms with Crippen molar-refractivity contribution in [2.75, 3.05) is 6.54 Å². The summed E-state index contributed by atoms with van der Waals surface area (Å²) in [6, 6.07) is 19.2. The Morgan fingerprint density at radius 2 is 1.68 bits per heavy atom. The van der Waals surface area contributed by atoms with Crippen LogP contribution in [0, 0.1) is 17.1 Å². The molecule has 0 amide bonds. The number of aromatic nitrogens is 1. The van der Waals surface area contributed by atoms with Crippen LogP contribution in [0.3, 0.4) is 0 Å². The second kappa shape index (κ2) is 19.2. The van der Waals surface area contributed by atoms with Crippen LogP contribution in [0.25, 0.3) is 10.9 Å². The molecular weight excluding hydrogens is 513 g/mol. The van der Waals surface area contributed by atoms with E-state index in [1.54, 1.807) is 24.4 Å². The minimum atomic E-state index is -0.263. The Balaban J connectivity index is 0.000000289. The molecule has 0 bridgehead atoms. The van der Waals surface area contributed by atoms with Gasteiger partial charge in [-0.2, -0.15) is 0 Å². The SMILES string of the molecule is C=CC(N)=NC(=N)/C(=C\NNCc1ccccc1F)C(C)C.NCCCCCCCCc1ccc2ccccc2n1. The van der Waals surface area contributed by atoms with Crippen molar-refractivity contribution in [3.63, 3.8) is 0 Å². The number of rotatable bonds is 15. The zero-order chi connectivity index (χ0) is 29.9. The monoisotopic (exact) mass is 559 g/mol. The Morgan fingerprint density at radius 3 is 2.39 bits per heavy atom. The molecule has 0 aliphatic heterocycles. The van der Waals surface area contributed by atoms with Crippen molar-refractivity contribution in [1.82, 2.24) is 15.8 Å². The predicted octanol–water partition coefficient (Wildman–Crippen LogP) is 6.56. The van der Waals surface area contributed by atoms with Gasteiger partial charge in [0.2, 0.25) is 0 Å². The summed E-state index contributed by atoms with van der Waals surface area (Å²) in [5.41, 5.74) is 20.3. The molecule has 0 aliphatic carbocycles. The Hall–Kier alpha value is -3.88. The summed E-state index contributed by atoms with van der Waals surface area (Å²) in [6.07, 6.45) is 11.8. The summed E-state index contributed by atoms with van der Waals surface area (Å²) in [5.74, 6) is 0.0704. The number of halogens is 1. The normalized spacial score (nSPS) is 11.7. The van der Waals surface area contributed by atoms with Crippen molar-refractivity contribution < 1.29 is 4.39 Å².